The first-order valence-corrected chi connectivity index (χ1v) is 10.8. The fourth-order valence-electron chi connectivity index (χ4n) is 4.37. The maximum atomic E-state index is 13.3. The summed E-state index contributed by atoms with van der Waals surface area (Å²) in [6.45, 7) is 0.153. The summed E-state index contributed by atoms with van der Waals surface area (Å²) >= 11 is 0. The molecule has 1 aliphatic carbocycles. The van der Waals surface area contributed by atoms with Crippen LogP contribution < -0.4 is 15.4 Å². The number of carbonyl (C=O) groups is 2. The van der Waals surface area contributed by atoms with Gasteiger partial charge in [0.25, 0.3) is 0 Å². The molecule has 2 aromatic rings. The van der Waals surface area contributed by atoms with Crippen molar-refractivity contribution in [1.82, 2.24) is 10.6 Å². The maximum absolute atomic E-state index is 13.3. The fraction of sp³-hybridized carbons (Fsp3) is 0.360. The third-order valence-electron chi connectivity index (χ3n) is 6.00. The largest absolute Gasteiger partial charge is 0.497 e. The van der Waals surface area contributed by atoms with Gasteiger partial charge >= 0.3 is 12.0 Å². The van der Waals surface area contributed by atoms with Crippen molar-refractivity contribution in [2.45, 2.75) is 44.8 Å². The van der Waals surface area contributed by atoms with Gasteiger partial charge in [-0.2, -0.15) is 0 Å². The standard InChI is InChI=1S/C25H28N2O4/c1-30-20-14-12-17(13-15-20)16-31-24(28)21-22(18-8-4-2-5-9-18)26-25(29)27-23(21)19-10-6-3-7-11-19/h2,4-5,8-9,12-15,19,22H,3,6-7,10-11,16H2,1H3,(H2,26,27,29). The maximum Gasteiger partial charge on any atom is 0.338 e. The molecule has 2 aliphatic rings. The van der Waals surface area contributed by atoms with E-state index in [-0.39, 0.29) is 18.6 Å². The monoisotopic (exact) mass is 420 g/mol. The molecule has 31 heavy (non-hydrogen) atoms. The molecule has 1 heterocycles. The number of urea groups is 1. The lowest BCUT2D eigenvalue weighted by Gasteiger charge is -2.34. The van der Waals surface area contributed by atoms with Crippen molar-refractivity contribution in [2.24, 2.45) is 5.92 Å². The minimum atomic E-state index is -0.532. The average molecular weight is 421 g/mol. The van der Waals surface area contributed by atoms with E-state index < -0.39 is 12.0 Å². The zero-order valence-electron chi connectivity index (χ0n) is 17.7. The summed E-state index contributed by atoms with van der Waals surface area (Å²) in [5.41, 5.74) is 2.96. The highest BCUT2D eigenvalue weighted by Gasteiger charge is 2.36. The zero-order chi connectivity index (χ0) is 21.6. The SMILES string of the molecule is COc1ccc(COC(=O)C2=C(C3CCCCC3)NC(=O)NC2c2ccccc2)cc1. The topological polar surface area (TPSA) is 76.7 Å². The second-order valence-corrected chi connectivity index (χ2v) is 8.03. The molecule has 0 bridgehead atoms. The predicted molar refractivity (Wildman–Crippen MR) is 117 cm³/mol. The minimum Gasteiger partial charge on any atom is -0.497 e. The number of esters is 1. The highest BCUT2D eigenvalue weighted by molar-refractivity contribution is 5.95. The third-order valence-corrected chi connectivity index (χ3v) is 6.00. The molecular formula is C25H28N2O4. The van der Waals surface area contributed by atoms with Crippen LogP contribution in [0, 0.1) is 5.92 Å². The smallest absolute Gasteiger partial charge is 0.338 e. The molecule has 0 radical (unpaired) electrons. The Kier molecular flexibility index (Phi) is 6.55. The minimum absolute atomic E-state index is 0.153. The third kappa shape index (κ3) is 4.90. The van der Waals surface area contributed by atoms with Crippen LogP contribution in [0.25, 0.3) is 0 Å². The van der Waals surface area contributed by atoms with Gasteiger partial charge in [-0.3, -0.25) is 0 Å². The Morgan fingerprint density at radius 2 is 1.71 bits per heavy atom. The molecule has 6 heteroatoms. The van der Waals surface area contributed by atoms with Crippen LogP contribution in [0.5, 0.6) is 5.75 Å². The van der Waals surface area contributed by atoms with E-state index in [2.05, 4.69) is 10.6 Å². The summed E-state index contributed by atoms with van der Waals surface area (Å²) in [5, 5.41) is 5.86. The number of hydrogen-bond donors (Lipinski definition) is 2. The molecule has 2 aromatic carbocycles. The molecule has 0 aromatic heterocycles. The molecule has 162 valence electrons. The Bertz CT molecular complexity index is 947. The van der Waals surface area contributed by atoms with Gasteiger partial charge in [-0.15, -0.1) is 0 Å². The first kappa shape index (κ1) is 21.0. The molecule has 1 saturated carbocycles. The number of hydrogen-bond acceptors (Lipinski definition) is 4. The lowest BCUT2D eigenvalue weighted by atomic mass is 9.82. The Morgan fingerprint density at radius 3 is 2.39 bits per heavy atom. The lowest BCUT2D eigenvalue weighted by molar-refractivity contribution is -0.140. The van der Waals surface area contributed by atoms with Crippen LogP contribution in [0.3, 0.4) is 0 Å². The molecule has 2 amide bonds. The number of amides is 2. The normalized spacial score (nSPS) is 19.4. The second-order valence-electron chi connectivity index (χ2n) is 8.03. The Hall–Kier alpha value is -3.28. The summed E-state index contributed by atoms with van der Waals surface area (Å²) in [5.74, 6) is 0.507. The highest BCUT2D eigenvalue weighted by Crippen LogP contribution is 2.36. The fourth-order valence-corrected chi connectivity index (χ4v) is 4.37. The number of nitrogens with one attached hydrogen (secondary N) is 2. The first-order valence-electron chi connectivity index (χ1n) is 10.8. The molecule has 1 aliphatic heterocycles. The van der Waals surface area contributed by atoms with E-state index >= 15 is 0 Å². The number of carbonyl (C=O) groups excluding carboxylic acids is 2. The van der Waals surface area contributed by atoms with Crippen molar-refractivity contribution >= 4 is 12.0 Å². The highest BCUT2D eigenvalue weighted by atomic mass is 16.5. The van der Waals surface area contributed by atoms with Crippen molar-refractivity contribution < 1.29 is 19.1 Å². The van der Waals surface area contributed by atoms with Crippen molar-refractivity contribution in [3.05, 3.63) is 77.0 Å². The van der Waals surface area contributed by atoms with Gasteiger partial charge in [0.2, 0.25) is 0 Å². The van der Waals surface area contributed by atoms with E-state index in [9.17, 15) is 9.59 Å². The summed E-state index contributed by atoms with van der Waals surface area (Å²) in [7, 11) is 1.61. The lowest BCUT2D eigenvalue weighted by Crippen LogP contribution is -2.47. The van der Waals surface area contributed by atoms with Gasteiger partial charge in [-0.05, 0) is 42.0 Å². The van der Waals surface area contributed by atoms with Crippen LogP contribution in [0.1, 0.15) is 49.3 Å². The summed E-state index contributed by atoms with van der Waals surface area (Å²) in [6.07, 6.45) is 5.32. The molecular weight excluding hydrogens is 392 g/mol. The average Bonchev–Trinajstić information content (AvgIpc) is 2.83. The number of ether oxygens (including phenoxy) is 2. The van der Waals surface area contributed by atoms with Gasteiger partial charge in [0, 0.05) is 5.70 Å². The van der Waals surface area contributed by atoms with Gasteiger partial charge in [-0.25, -0.2) is 9.59 Å². The van der Waals surface area contributed by atoms with E-state index in [1.807, 2.05) is 54.6 Å². The van der Waals surface area contributed by atoms with Crippen LogP contribution in [-0.2, 0) is 16.1 Å². The number of rotatable bonds is 6. The van der Waals surface area contributed by atoms with Crippen molar-refractivity contribution in [2.75, 3.05) is 7.11 Å². The molecule has 0 saturated heterocycles. The van der Waals surface area contributed by atoms with Crippen LogP contribution in [0.15, 0.2) is 65.9 Å². The van der Waals surface area contributed by atoms with Gasteiger partial charge in [0.15, 0.2) is 0 Å². The van der Waals surface area contributed by atoms with Crippen molar-refractivity contribution in [3.8, 4) is 5.75 Å². The number of benzene rings is 2. The van der Waals surface area contributed by atoms with Crippen LogP contribution in [0.2, 0.25) is 0 Å². The zero-order valence-corrected chi connectivity index (χ0v) is 17.7. The van der Waals surface area contributed by atoms with E-state index in [1.165, 1.54) is 6.42 Å². The second kappa shape index (κ2) is 9.69. The van der Waals surface area contributed by atoms with Crippen molar-refractivity contribution in [3.63, 3.8) is 0 Å². The van der Waals surface area contributed by atoms with Crippen LogP contribution in [-0.4, -0.2) is 19.1 Å². The molecule has 0 spiro atoms. The van der Waals surface area contributed by atoms with E-state index in [4.69, 9.17) is 9.47 Å². The molecule has 6 nitrogen and oxygen atoms in total. The summed E-state index contributed by atoms with van der Waals surface area (Å²) < 4.78 is 10.9. The predicted octanol–water partition coefficient (Wildman–Crippen LogP) is 4.63. The molecule has 1 fully saturated rings. The van der Waals surface area contributed by atoms with Crippen LogP contribution >= 0.6 is 0 Å². The van der Waals surface area contributed by atoms with Gasteiger partial charge in [0.05, 0.1) is 18.7 Å². The summed E-state index contributed by atoms with van der Waals surface area (Å²) in [6, 6.07) is 16.2. The van der Waals surface area contributed by atoms with Gasteiger partial charge < -0.3 is 20.1 Å². The van der Waals surface area contributed by atoms with E-state index in [0.717, 1.165) is 48.3 Å². The Balaban J connectivity index is 1.63. The first-order chi connectivity index (χ1) is 15.2. The number of allylic oxidation sites excluding steroid dienone is 1. The quantitative estimate of drug-likeness (QED) is 0.668. The summed E-state index contributed by atoms with van der Waals surface area (Å²) in [4.78, 5) is 25.8. The van der Waals surface area contributed by atoms with Gasteiger partial charge in [0.1, 0.15) is 12.4 Å². The van der Waals surface area contributed by atoms with E-state index in [1.54, 1.807) is 7.11 Å². The number of methoxy groups -OCH3 is 1. The van der Waals surface area contributed by atoms with Crippen molar-refractivity contribution in [1.29, 1.82) is 0 Å². The van der Waals surface area contributed by atoms with Gasteiger partial charge in [-0.1, -0.05) is 61.7 Å². The Morgan fingerprint density at radius 1 is 1.00 bits per heavy atom. The molecule has 1 atom stereocenters. The molecule has 1 unspecified atom stereocenters. The van der Waals surface area contributed by atoms with E-state index in [0.29, 0.717) is 5.57 Å². The molecule has 2 N–H and O–H groups in total. The van der Waals surface area contributed by atoms with Crippen LogP contribution in [0.4, 0.5) is 4.79 Å². The molecule has 4 rings (SSSR count). The Labute approximate surface area is 182 Å².